The molecule has 0 bridgehead atoms. The molecule has 0 fully saturated rings. The third-order valence-electron chi connectivity index (χ3n) is 3.53. The van der Waals surface area contributed by atoms with Gasteiger partial charge in [0.1, 0.15) is 0 Å². The van der Waals surface area contributed by atoms with Crippen molar-refractivity contribution in [1.82, 2.24) is 0 Å². The normalized spacial score (nSPS) is 14.0. The highest BCUT2D eigenvalue weighted by atomic mass is 28.2. The third kappa shape index (κ3) is 3.14. The van der Waals surface area contributed by atoms with Gasteiger partial charge in [-0.3, -0.25) is 0 Å². The molecule has 0 aliphatic carbocycles. The van der Waals surface area contributed by atoms with Gasteiger partial charge in [-0.05, 0) is 23.6 Å². The molecule has 21 heavy (non-hydrogen) atoms. The van der Waals surface area contributed by atoms with E-state index in [4.69, 9.17) is 8.54 Å². The Labute approximate surface area is 127 Å². The monoisotopic (exact) mass is 294 g/mol. The van der Waals surface area contributed by atoms with Crippen molar-refractivity contribution in [2.45, 2.75) is 19.8 Å². The first-order chi connectivity index (χ1) is 10.2. The molecule has 1 aliphatic heterocycles. The minimum atomic E-state index is -0.502. The lowest BCUT2D eigenvalue weighted by Crippen LogP contribution is -2.11. The van der Waals surface area contributed by atoms with Crippen LogP contribution in [0, 0.1) is 0 Å². The molecule has 3 heteroatoms. The first kappa shape index (κ1) is 13.8. The van der Waals surface area contributed by atoms with E-state index in [2.05, 4.69) is 50.2 Å². The fraction of sp³-hybridized carbons (Fsp3) is 0.167. The smallest absolute Gasteiger partial charge is 0.440 e. The average molecular weight is 294 g/mol. The maximum Gasteiger partial charge on any atom is 0.440 e. The van der Waals surface area contributed by atoms with E-state index >= 15 is 0 Å². The SMILES string of the molecule is CC(C)c1ccc(C2=CC(c3ccccc3)=[O+][SiH-]O2)cc1. The van der Waals surface area contributed by atoms with Crippen molar-refractivity contribution in [3.8, 4) is 0 Å². The van der Waals surface area contributed by atoms with Gasteiger partial charge in [0.2, 0.25) is 0 Å². The van der Waals surface area contributed by atoms with Crippen LogP contribution in [0.2, 0.25) is 0 Å². The summed E-state index contributed by atoms with van der Waals surface area (Å²) in [5.74, 6) is 2.32. The van der Waals surface area contributed by atoms with Crippen LogP contribution in [0.3, 0.4) is 0 Å². The minimum Gasteiger partial charge on any atom is -0.618 e. The Hall–Kier alpha value is -2.13. The molecule has 0 amide bonds. The molecule has 0 unspecified atom stereocenters. The fourth-order valence-corrected chi connectivity index (χ4v) is 2.92. The van der Waals surface area contributed by atoms with Crippen molar-refractivity contribution in [2.24, 2.45) is 0 Å². The fourth-order valence-electron chi connectivity index (χ4n) is 2.25. The lowest BCUT2D eigenvalue weighted by Gasteiger charge is -2.16. The zero-order valence-electron chi connectivity index (χ0n) is 12.2. The molecule has 1 aliphatic rings. The Kier molecular flexibility index (Phi) is 4.02. The maximum absolute atomic E-state index is 5.72. The summed E-state index contributed by atoms with van der Waals surface area (Å²) in [6, 6.07) is 18.7. The predicted molar refractivity (Wildman–Crippen MR) is 87.5 cm³/mol. The first-order valence-electron chi connectivity index (χ1n) is 7.13. The Balaban J connectivity index is 1.89. The van der Waals surface area contributed by atoms with Crippen molar-refractivity contribution >= 4 is 21.5 Å². The van der Waals surface area contributed by atoms with Crippen LogP contribution in [0.5, 0.6) is 0 Å². The van der Waals surface area contributed by atoms with E-state index in [-0.39, 0.29) is 0 Å². The van der Waals surface area contributed by atoms with Gasteiger partial charge in [0.15, 0.2) is 0 Å². The Bertz CT molecular complexity index is 670. The standard InChI is InChI=1S/C18H18O2Si/c1-13(2)14-8-10-16(11-9-14)18-12-17(19-21-20-18)15-6-4-3-5-7-15/h3-13,21H,1-2H3. The van der Waals surface area contributed by atoms with E-state index in [9.17, 15) is 0 Å². The van der Waals surface area contributed by atoms with E-state index in [1.807, 2.05) is 24.3 Å². The lowest BCUT2D eigenvalue weighted by molar-refractivity contribution is -0.101. The molecule has 0 atom stereocenters. The molecule has 0 N–H and O–H groups in total. The number of allylic oxidation sites excluding steroid dienone is 1. The van der Waals surface area contributed by atoms with E-state index in [1.165, 1.54) is 5.56 Å². The van der Waals surface area contributed by atoms with Gasteiger partial charge < -0.3 is 8.54 Å². The van der Waals surface area contributed by atoms with Gasteiger partial charge in [-0.1, -0.05) is 56.3 Å². The third-order valence-corrected chi connectivity index (χ3v) is 4.23. The molecule has 0 spiro atoms. The summed E-state index contributed by atoms with van der Waals surface area (Å²) in [6.45, 7) is 4.40. The summed E-state index contributed by atoms with van der Waals surface area (Å²) in [7, 11) is -0.502. The second kappa shape index (κ2) is 6.10. The van der Waals surface area contributed by atoms with Crippen molar-refractivity contribution in [2.75, 3.05) is 0 Å². The quantitative estimate of drug-likeness (QED) is 0.622. The topological polar surface area (TPSA) is 20.5 Å². The molecule has 2 aromatic carbocycles. The summed E-state index contributed by atoms with van der Waals surface area (Å²) in [6.07, 6.45) is 1.98. The predicted octanol–water partition coefficient (Wildman–Crippen LogP) is 3.87. The highest BCUT2D eigenvalue weighted by Gasteiger charge is 2.16. The van der Waals surface area contributed by atoms with Crippen LogP contribution in [0.1, 0.15) is 40.6 Å². The van der Waals surface area contributed by atoms with Crippen LogP contribution < -0.4 is 0 Å². The van der Waals surface area contributed by atoms with Gasteiger partial charge in [0.25, 0.3) is 5.78 Å². The summed E-state index contributed by atoms with van der Waals surface area (Å²) in [5, 5.41) is 0. The average Bonchev–Trinajstić information content (AvgIpc) is 2.56. The molecule has 0 aromatic heterocycles. The summed E-state index contributed by atoms with van der Waals surface area (Å²) in [5.41, 5.74) is 3.53. The Morgan fingerprint density at radius 2 is 1.62 bits per heavy atom. The highest BCUT2D eigenvalue weighted by Crippen LogP contribution is 2.22. The van der Waals surface area contributed by atoms with Crippen LogP contribution in [0.4, 0.5) is 0 Å². The maximum atomic E-state index is 5.72. The Morgan fingerprint density at radius 1 is 0.905 bits per heavy atom. The highest BCUT2D eigenvalue weighted by molar-refractivity contribution is 6.25. The lowest BCUT2D eigenvalue weighted by atomic mass is 10.0. The van der Waals surface area contributed by atoms with Gasteiger partial charge in [-0.15, -0.1) is 0 Å². The number of hydrogen-bond acceptors (Lipinski definition) is 1. The number of carbonyl (C=O) groups excluding carboxylic acids is 1. The van der Waals surface area contributed by atoms with Crippen molar-refractivity contribution in [3.05, 3.63) is 77.4 Å². The van der Waals surface area contributed by atoms with Crippen molar-refractivity contribution in [3.63, 3.8) is 0 Å². The summed E-state index contributed by atoms with van der Waals surface area (Å²) >= 11 is 0. The van der Waals surface area contributed by atoms with Crippen LogP contribution in [0.15, 0.2) is 60.7 Å². The molecular formula is C18H18O2Si. The van der Waals surface area contributed by atoms with E-state index in [1.54, 1.807) is 0 Å². The molecule has 106 valence electrons. The molecule has 2 nitrogen and oxygen atoms in total. The van der Waals surface area contributed by atoms with Crippen LogP contribution in [0.25, 0.3) is 5.76 Å². The second-order valence-electron chi connectivity index (χ2n) is 5.35. The number of rotatable bonds is 3. The molecule has 3 rings (SSSR count). The molecule has 0 radical (unpaired) electrons. The van der Waals surface area contributed by atoms with E-state index < -0.39 is 10.0 Å². The molecule has 1 heterocycles. The summed E-state index contributed by atoms with van der Waals surface area (Å²) in [4.78, 5) is 0. The van der Waals surface area contributed by atoms with Gasteiger partial charge in [0, 0.05) is 5.56 Å². The van der Waals surface area contributed by atoms with Gasteiger partial charge in [0.05, 0.1) is 17.4 Å². The summed E-state index contributed by atoms with van der Waals surface area (Å²) < 4.78 is 11.4. The van der Waals surface area contributed by atoms with Gasteiger partial charge >= 0.3 is 10.0 Å². The Morgan fingerprint density at radius 3 is 2.29 bits per heavy atom. The number of hydrogen-bond donors (Lipinski definition) is 0. The van der Waals surface area contributed by atoms with Gasteiger partial charge in [-0.25, -0.2) is 0 Å². The van der Waals surface area contributed by atoms with Crippen LogP contribution >= 0.6 is 0 Å². The zero-order valence-corrected chi connectivity index (χ0v) is 13.4. The first-order valence-corrected chi connectivity index (χ1v) is 8.08. The van der Waals surface area contributed by atoms with Crippen LogP contribution in [-0.2, 0) is 4.43 Å². The van der Waals surface area contributed by atoms with Crippen molar-refractivity contribution in [1.29, 1.82) is 0 Å². The van der Waals surface area contributed by atoms with Gasteiger partial charge in [-0.2, -0.15) is 0 Å². The van der Waals surface area contributed by atoms with E-state index in [0.717, 1.165) is 22.7 Å². The molecular weight excluding hydrogens is 276 g/mol. The van der Waals surface area contributed by atoms with Crippen molar-refractivity contribution < 1.29 is 8.54 Å². The molecule has 0 saturated heterocycles. The van der Waals surface area contributed by atoms with E-state index in [0.29, 0.717) is 5.92 Å². The molecule has 0 saturated carbocycles. The molecule has 2 aromatic rings. The largest absolute Gasteiger partial charge is 0.618 e. The minimum absolute atomic E-state index is 0.502. The second-order valence-corrected chi connectivity index (χ2v) is 6.01. The van der Waals surface area contributed by atoms with Crippen LogP contribution in [-0.4, -0.2) is 15.8 Å². The number of ketones is 1. The number of benzene rings is 2. The zero-order chi connectivity index (χ0) is 14.7.